The molecular formula is C18H17N3O3. The Morgan fingerprint density at radius 3 is 2.38 bits per heavy atom. The van der Waals surface area contributed by atoms with E-state index in [0.29, 0.717) is 24.2 Å². The molecule has 0 N–H and O–H groups in total. The van der Waals surface area contributed by atoms with Gasteiger partial charge in [0.1, 0.15) is 0 Å². The Labute approximate surface area is 139 Å². The molecule has 0 saturated carbocycles. The number of amides is 3. The first-order valence-electron chi connectivity index (χ1n) is 8.02. The molecule has 2 aliphatic rings. The van der Waals surface area contributed by atoms with E-state index in [9.17, 15) is 14.4 Å². The third-order valence-corrected chi connectivity index (χ3v) is 4.67. The summed E-state index contributed by atoms with van der Waals surface area (Å²) in [6.45, 7) is 2.14. The van der Waals surface area contributed by atoms with Crippen LogP contribution in [-0.4, -0.2) is 45.2 Å². The standard InChI is InChI=1S/C18H17N3O3/c22-16(20-11-10-19-8-3-4-13(19)12-20)7-9-21-17(23)14-5-1-2-6-15(14)18(21)24/h1-6,8H,7,9-12H2. The van der Waals surface area contributed by atoms with E-state index in [1.54, 1.807) is 29.2 Å². The van der Waals surface area contributed by atoms with Crippen molar-refractivity contribution in [3.8, 4) is 0 Å². The number of hydrogen-bond acceptors (Lipinski definition) is 3. The maximum atomic E-state index is 12.4. The van der Waals surface area contributed by atoms with Crippen LogP contribution in [0, 0.1) is 0 Å². The second-order valence-electron chi connectivity index (χ2n) is 6.07. The van der Waals surface area contributed by atoms with Gasteiger partial charge < -0.3 is 9.47 Å². The minimum atomic E-state index is -0.309. The highest BCUT2D eigenvalue weighted by molar-refractivity contribution is 6.21. The molecule has 2 aromatic rings. The monoisotopic (exact) mass is 323 g/mol. The van der Waals surface area contributed by atoms with Crippen LogP contribution < -0.4 is 0 Å². The van der Waals surface area contributed by atoms with E-state index in [4.69, 9.17) is 0 Å². The molecule has 0 saturated heterocycles. The van der Waals surface area contributed by atoms with Crippen LogP contribution in [0.5, 0.6) is 0 Å². The Bertz CT molecular complexity index is 805. The summed E-state index contributed by atoms with van der Waals surface area (Å²) in [7, 11) is 0. The maximum absolute atomic E-state index is 12.4. The first-order valence-corrected chi connectivity index (χ1v) is 8.02. The van der Waals surface area contributed by atoms with Gasteiger partial charge in [0.15, 0.2) is 0 Å². The van der Waals surface area contributed by atoms with Gasteiger partial charge >= 0.3 is 0 Å². The largest absolute Gasteiger partial charge is 0.348 e. The second-order valence-corrected chi connectivity index (χ2v) is 6.07. The van der Waals surface area contributed by atoms with Gasteiger partial charge in [0, 0.05) is 37.9 Å². The smallest absolute Gasteiger partial charge is 0.261 e. The third kappa shape index (κ3) is 2.31. The molecule has 0 bridgehead atoms. The average Bonchev–Trinajstić information content (AvgIpc) is 3.17. The number of imide groups is 1. The van der Waals surface area contributed by atoms with Gasteiger partial charge in [0.05, 0.1) is 17.7 Å². The number of fused-ring (bicyclic) bond motifs is 2. The van der Waals surface area contributed by atoms with Crippen LogP contribution in [-0.2, 0) is 17.9 Å². The molecule has 6 nitrogen and oxygen atoms in total. The first kappa shape index (κ1) is 14.7. The molecule has 24 heavy (non-hydrogen) atoms. The average molecular weight is 323 g/mol. The molecule has 122 valence electrons. The van der Waals surface area contributed by atoms with Crippen LogP contribution >= 0.6 is 0 Å². The van der Waals surface area contributed by atoms with Crippen molar-refractivity contribution >= 4 is 17.7 Å². The van der Waals surface area contributed by atoms with E-state index in [2.05, 4.69) is 4.57 Å². The highest BCUT2D eigenvalue weighted by atomic mass is 16.2. The lowest BCUT2D eigenvalue weighted by atomic mass is 10.1. The number of benzene rings is 1. The van der Waals surface area contributed by atoms with Crippen LogP contribution in [0.3, 0.4) is 0 Å². The van der Waals surface area contributed by atoms with Gasteiger partial charge in [0.25, 0.3) is 11.8 Å². The molecule has 6 heteroatoms. The Hall–Kier alpha value is -2.89. The highest BCUT2D eigenvalue weighted by Gasteiger charge is 2.35. The highest BCUT2D eigenvalue weighted by Crippen LogP contribution is 2.23. The normalized spacial score (nSPS) is 16.3. The molecule has 0 atom stereocenters. The summed E-state index contributed by atoms with van der Waals surface area (Å²) in [5.41, 5.74) is 1.95. The number of aromatic nitrogens is 1. The predicted molar refractivity (Wildman–Crippen MR) is 86.3 cm³/mol. The summed E-state index contributed by atoms with van der Waals surface area (Å²) in [6, 6.07) is 10.8. The summed E-state index contributed by atoms with van der Waals surface area (Å²) in [6.07, 6.45) is 2.17. The number of carbonyl (C=O) groups is 3. The zero-order valence-electron chi connectivity index (χ0n) is 13.1. The molecule has 0 radical (unpaired) electrons. The van der Waals surface area contributed by atoms with Crippen LogP contribution in [0.25, 0.3) is 0 Å². The minimum Gasteiger partial charge on any atom is -0.348 e. The maximum Gasteiger partial charge on any atom is 0.261 e. The van der Waals surface area contributed by atoms with Gasteiger partial charge in [-0.3, -0.25) is 19.3 Å². The summed E-state index contributed by atoms with van der Waals surface area (Å²) in [4.78, 5) is 40.0. The van der Waals surface area contributed by atoms with E-state index in [1.165, 1.54) is 4.90 Å². The van der Waals surface area contributed by atoms with Crippen molar-refractivity contribution in [3.63, 3.8) is 0 Å². The lowest BCUT2D eigenvalue weighted by Crippen LogP contribution is -2.40. The summed E-state index contributed by atoms with van der Waals surface area (Å²) in [5.74, 6) is -0.647. The van der Waals surface area contributed by atoms with Crippen molar-refractivity contribution in [1.29, 1.82) is 0 Å². The van der Waals surface area contributed by atoms with Gasteiger partial charge in [-0.2, -0.15) is 0 Å². The van der Waals surface area contributed by atoms with Crippen molar-refractivity contribution in [2.45, 2.75) is 19.5 Å². The Morgan fingerprint density at radius 1 is 0.958 bits per heavy atom. The minimum absolute atomic E-state index is 0.0287. The molecule has 1 aromatic heterocycles. The van der Waals surface area contributed by atoms with Crippen molar-refractivity contribution in [1.82, 2.24) is 14.4 Å². The van der Waals surface area contributed by atoms with Crippen LogP contribution in [0.15, 0.2) is 42.6 Å². The fourth-order valence-corrected chi connectivity index (χ4v) is 3.33. The zero-order valence-corrected chi connectivity index (χ0v) is 13.1. The lowest BCUT2D eigenvalue weighted by molar-refractivity contribution is -0.132. The molecule has 1 aromatic carbocycles. The fourth-order valence-electron chi connectivity index (χ4n) is 3.33. The quantitative estimate of drug-likeness (QED) is 0.805. The molecule has 0 unspecified atom stereocenters. The number of carbonyl (C=O) groups excluding carboxylic acids is 3. The SMILES string of the molecule is O=C(CCN1C(=O)c2ccccc2C1=O)N1CCn2cccc2C1. The van der Waals surface area contributed by atoms with Crippen molar-refractivity contribution in [3.05, 3.63) is 59.4 Å². The van der Waals surface area contributed by atoms with Crippen LogP contribution in [0.2, 0.25) is 0 Å². The van der Waals surface area contributed by atoms with Crippen LogP contribution in [0.1, 0.15) is 32.8 Å². The van der Waals surface area contributed by atoms with Gasteiger partial charge in [-0.25, -0.2) is 0 Å². The third-order valence-electron chi connectivity index (χ3n) is 4.67. The van der Waals surface area contributed by atoms with E-state index >= 15 is 0 Å². The van der Waals surface area contributed by atoms with Crippen molar-refractivity contribution < 1.29 is 14.4 Å². The molecule has 2 aliphatic heterocycles. The lowest BCUT2D eigenvalue weighted by Gasteiger charge is -2.29. The Balaban J connectivity index is 1.40. The summed E-state index contributed by atoms with van der Waals surface area (Å²) in [5, 5.41) is 0. The number of hydrogen-bond donors (Lipinski definition) is 0. The fraction of sp³-hybridized carbons (Fsp3) is 0.278. The Morgan fingerprint density at radius 2 is 1.67 bits per heavy atom. The summed E-state index contributed by atoms with van der Waals surface area (Å²) < 4.78 is 2.13. The van der Waals surface area contributed by atoms with E-state index < -0.39 is 0 Å². The van der Waals surface area contributed by atoms with Crippen LogP contribution in [0.4, 0.5) is 0 Å². The Kier molecular flexibility index (Phi) is 3.45. The number of nitrogens with zero attached hydrogens (tertiary/aromatic N) is 3. The topological polar surface area (TPSA) is 62.6 Å². The first-order chi connectivity index (χ1) is 11.6. The molecule has 0 aliphatic carbocycles. The number of rotatable bonds is 3. The van der Waals surface area contributed by atoms with Gasteiger partial charge in [-0.15, -0.1) is 0 Å². The molecule has 3 heterocycles. The summed E-state index contributed by atoms with van der Waals surface area (Å²) >= 11 is 0. The molecule has 3 amide bonds. The van der Waals surface area contributed by atoms with Gasteiger partial charge in [0.2, 0.25) is 5.91 Å². The van der Waals surface area contributed by atoms with Gasteiger partial charge in [-0.05, 0) is 24.3 Å². The zero-order chi connectivity index (χ0) is 16.7. The second kappa shape index (κ2) is 5.63. The predicted octanol–water partition coefficient (Wildman–Crippen LogP) is 1.52. The van der Waals surface area contributed by atoms with Gasteiger partial charge in [-0.1, -0.05) is 12.1 Å². The van der Waals surface area contributed by atoms with Crippen molar-refractivity contribution in [2.24, 2.45) is 0 Å². The molecular weight excluding hydrogens is 306 g/mol. The van der Waals surface area contributed by atoms with E-state index in [1.807, 2.05) is 18.3 Å². The molecule has 4 rings (SSSR count). The molecule has 0 spiro atoms. The van der Waals surface area contributed by atoms with E-state index in [0.717, 1.165) is 12.2 Å². The van der Waals surface area contributed by atoms with Crippen molar-refractivity contribution in [2.75, 3.05) is 13.1 Å². The molecule has 0 fully saturated rings. The van der Waals surface area contributed by atoms with E-state index in [-0.39, 0.29) is 30.7 Å².